The summed E-state index contributed by atoms with van der Waals surface area (Å²) in [4.78, 5) is 2.65. The molecule has 0 spiro atoms. The third kappa shape index (κ3) is 3.57. The molecule has 1 aromatic rings. The maximum absolute atomic E-state index is 9.43. The van der Waals surface area contributed by atoms with Gasteiger partial charge in [-0.3, -0.25) is 5.43 Å². The van der Waals surface area contributed by atoms with Crippen molar-refractivity contribution < 1.29 is 9.84 Å². The highest BCUT2D eigenvalue weighted by molar-refractivity contribution is 6.00. The lowest BCUT2D eigenvalue weighted by Crippen LogP contribution is -2.46. The molecule has 1 saturated heterocycles. The fourth-order valence-corrected chi connectivity index (χ4v) is 3.78. The Morgan fingerprint density at radius 3 is 2.38 bits per heavy atom. The topological polar surface area (TPSA) is 57.1 Å². The molecule has 1 aromatic carbocycles. The van der Waals surface area contributed by atoms with E-state index in [1.807, 2.05) is 12.1 Å². The van der Waals surface area contributed by atoms with Gasteiger partial charge >= 0.3 is 0 Å². The van der Waals surface area contributed by atoms with Crippen LogP contribution < -0.4 is 10.2 Å². The zero-order valence-electron chi connectivity index (χ0n) is 14.2. The van der Waals surface area contributed by atoms with Crippen LogP contribution in [-0.4, -0.2) is 47.2 Å². The fourth-order valence-electron chi connectivity index (χ4n) is 3.78. The van der Waals surface area contributed by atoms with Crippen molar-refractivity contribution in [3.63, 3.8) is 0 Å². The Kier molecular flexibility index (Phi) is 4.72. The van der Waals surface area contributed by atoms with E-state index in [0.717, 1.165) is 42.3 Å². The number of aliphatic hydroxyl groups excluding tert-OH is 1. The van der Waals surface area contributed by atoms with Crippen LogP contribution in [0.4, 0.5) is 0 Å². The van der Waals surface area contributed by atoms with Crippen LogP contribution >= 0.6 is 0 Å². The smallest absolute Gasteiger partial charge is 0.140 e. The molecule has 2 heterocycles. The summed E-state index contributed by atoms with van der Waals surface area (Å²) in [5.74, 6) is 0.949. The second-order valence-electron chi connectivity index (χ2n) is 7.20. The van der Waals surface area contributed by atoms with Crippen LogP contribution in [0.15, 0.2) is 29.4 Å². The van der Waals surface area contributed by atoms with Gasteiger partial charge in [0.15, 0.2) is 0 Å². The highest BCUT2D eigenvalue weighted by atomic mass is 16.5. The van der Waals surface area contributed by atoms with Crippen LogP contribution in [0.25, 0.3) is 0 Å². The molecule has 24 heavy (non-hydrogen) atoms. The van der Waals surface area contributed by atoms with E-state index in [0.29, 0.717) is 12.5 Å². The maximum atomic E-state index is 9.43. The van der Waals surface area contributed by atoms with Gasteiger partial charge in [-0.15, -0.1) is 0 Å². The van der Waals surface area contributed by atoms with Crippen molar-refractivity contribution in [2.24, 2.45) is 5.10 Å². The SMILES string of the molecule is OC1CCC(c2ccc(OC3CCN(C4CCC4)CC3)cc2)=NN1. The lowest BCUT2D eigenvalue weighted by Gasteiger charge is -2.41. The van der Waals surface area contributed by atoms with E-state index in [9.17, 15) is 5.11 Å². The van der Waals surface area contributed by atoms with E-state index in [4.69, 9.17) is 4.74 Å². The molecule has 3 aliphatic rings. The highest BCUT2D eigenvalue weighted by Crippen LogP contribution is 2.28. The van der Waals surface area contributed by atoms with Crippen molar-refractivity contribution in [1.29, 1.82) is 0 Å². The molecule has 0 aromatic heterocycles. The summed E-state index contributed by atoms with van der Waals surface area (Å²) in [6.45, 7) is 2.36. The normalized spacial score (nSPS) is 26.4. The van der Waals surface area contributed by atoms with Crippen molar-refractivity contribution in [1.82, 2.24) is 10.3 Å². The van der Waals surface area contributed by atoms with E-state index in [-0.39, 0.29) is 0 Å². The fraction of sp³-hybridized carbons (Fsp3) is 0.632. The van der Waals surface area contributed by atoms with Gasteiger partial charge in [0.2, 0.25) is 0 Å². The molecule has 2 fully saturated rings. The molecule has 1 unspecified atom stereocenters. The van der Waals surface area contributed by atoms with Crippen molar-refractivity contribution >= 4 is 5.71 Å². The number of rotatable bonds is 4. The van der Waals surface area contributed by atoms with Gasteiger partial charge in [0.1, 0.15) is 18.1 Å². The average Bonchev–Trinajstić information content (AvgIpc) is 2.57. The summed E-state index contributed by atoms with van der Waals surface area (Å²) in [6.07, 6.45) is 7.79. The standard InChI is InChI=1S/C19H27N3O2/c23-19-9-8-18(20-21-19)14-4-6-16(7-5-14)24-17-10-12-22(13-11-17)15-2-1-3-15/h4-7,15,17,19,21,23H,1-3,8-13H2. The number of hydrazone groups is 1. The molecular weight excluding hydrogens is 302 g/mol. The number of likely N-dealkylation sites (tertiary alicyclic amines) is 1. The largest absolute Gasteiger partial charge is 0.490 e. The summed E-state index contributed by atoms with van der Waals surface area (Å²) in [5.41, 5.74) is 4.84. The Hall–Kier alpha value is -1.59. The average molecular weight is 329 g/mol. The van der Waals surface area contributed by atoms with E-state index >= 15 is 0 Å². The first kappa shape index (κ1) is 15.9. The second-order valence-corrected chi connectivity index (χ2v) is 7.20. The molecule has 4 rings (SSSR count). The summed E-state index contributed by atoms with van der Waals surface area (Å²) < 4.78 is 6.17. The predicted octanol–water partition coefficient (Wildman–Crippen LogP) is 2.49. The van der Waals surface area contributed by atoms with Crippen LogP contribution in [0, 0.1) is 0 Å². The predicted molar refractivity (Wildman–Crippen MR) is 94.2 cm³/mol. The lowest BCUT2D eigenvalue weighted by molar-refractivity contribution is 0.0493. The molecule has 130 valence electrons. The van der Waals surface area contributed by atoms with Crippen LogP contribution in [0.3, 0.4) is 0 Å². The van der Waals surface area contributed by atoms with E-state index in [1.165, 1.54) is 32.4 Å². The van der Waals surface area contributed by atoms with Gasteiger partial charge in [0.25, 0.3) is 0 Å². The van der Waals surface area contributed by atoms with E-state index in [1.54, 1.807) is 0 Å². The van der Waals surface area contributed by atoms with Crippen molar-refractivity contribution in [3.8, 4) is 5.75 Å². The molecule has 5 nitrogen and oxygen atoms in total. The first-order chi connectivity index (χ1) is 11.8. The van der Waals surface area contributed by atoms with E-state index < -0.39 is 6.23 Å². The van der Waals surface area contributed by atoms with Crippen molar-refractivity contribution in [2.45, 2.75) is 63.3 Å². The summed E-state index contributed by atoms with van der Waals surface area (Å²) in [5, 5.41) is 13.7. The van der Waals surface area contributed by atoms with Gasteiger partial charge in [-0.05, 0) is 68.4 Å². The minimum atomic E-state index is -0.512. The Labute approximate surface area is 143 Å². The molecular formula is C19H27N3O2. The molecule has 2 N–H and O–H groups in total. The molecule has 2 aliphatic heterocycles. The molecule has 1 aliphatic carbocycles. The summed E-state index contributed by atoms with van der Waals surface area (Å²) in [7, 11) is 0. The Balaban J connectivity index is 1.29. The zero-order valence-corrected chi connectivity index (χ0v) is 14.2. The van der Waals surface area contributed by atoms with Crippen molar-refractivity contribution in [3.05, 3.63) is 29.8 Å². The first-order valence-electron chi connectivity index (χ1n) is 9.29. The van der Waals surface area contributed by atoms with Gasteiger partial charge in [0, 0.05) is 19.1 Å². The highest BCUT2D eigenvalue weighted by Gasteiger charge is 2.29. The summed E-state index contributed by atoms with van der Waals surface area (Å²) in [6, 6.07) is 9.07. The number of piperidine rings is 1. The monoisotopic (exact) mass is 329 g/mol. The number of aliphatic hydroxyl groups is 1. The van der Waals surface area contributed by atoms with Crippen LogP contribution in [0.2, 0.25) is 0 Å². The molecule has 1 saturated carbocycles. The van der Waals surface area contributed by atoms with E-state index in [2.05, 4.69) is 27.6 Å². The quantitative estimate of drug-likeness (QED) is 0.891. The summed E-state index contributed by atoms with van der Waals surface area (Å²) >= 11 is 0. The number of hydrogen-bond donors (Lipinski definition) is 2. The zero-order chi connectivity index (χ0) is 16.4. The van der Waals surface area contributed by atoms with Crippen LogP contribution in [0.1, 0.15) is 50.5 Å². The Bertz CT molecular complexity index is 575. The molecule has 0 bridgehead atoms. The second kappa shape index (κ2) is 7.11. The maximum Gasteiger partial charge on any atom is 0.140 e. The lowest BCUT2D eigenvalue weighted by atomic mass is 9.90. The number of hydrogen-bond acceptors (Lipinski definition) is 5. The molecule has 0 radical (unpaired) electrons. The third-order valence-electron chi connectivity index (χ3n) is 5.56. The Morgan fingerprint density at radius 2 is 1.79 bits per heavy atom. The third-order valence-corrected chi connectivity index (χ3v) is 5.56. The van der Waals surface area contributed by atoms with Crippen molar-refractivity contribution in [2.75, 3.05) is 13.1 Å². The van der Waals surface area contributed by atoms with Gasteiger partial charge in [-0.2, -0.15) is 5.10 Å². The van der Waals surface area contributed by atoms with Crippen LogP contribution in [0.5, 0.6) is 5.75 Å². The molecule has 0 amide bonds. The van der Waals surface area contributed by atoms with Gasteiger partial charge in [-0.25, -0.2) is 0 Å². The number of nitrogens with one attached hydrogen (secondary N) is 1. The Morgan fingerprint density at radius 1 is 1.04 bits per heavy atom. The van der Waals surface area contributed by atoms with Gasteiger partial charge < -0.3 is 14.7 Å². The minimum Gasteiger partial charge on any atom is -0.490 e. The first-order valence-corrected chi connectivity index (χ1v) is 9.29. The van der Waals surface area contributed by atoms with Gasteiger partial charge in [-0.1, -0.05) is 6.42 Å². The van der Waals surface area contributed by atoms with Crippen LogP contribution in [-0.2, 0) is 0 Å². The number of nitrogens with zero attached hydrogens (tertiary/aromatic N) is 2. The number of ether oxygens (including phenoxy) is 1. The van der Waals surface area contributed by atoms with Gasteiger partial charge in [0.05, 0.1) is 5.71 Å². The minimum absolute atomic E-state index is 0.344. The molecule has 1 atom stereocenters. The number of benzene rings is 1. The molecule has 5 heteroatoms.